The summed E-state index contributed by atoms with van der Waals surface area (Å²) in [5.41, 5.74) is -0.119. The molecule has 2 amide bonds. The van der Waals surface area contributed by atoms with Crippen LogP contribution in [0.4, 0.5) is 11.5 Å². The van der Waals surface area contributed by atoms with Crippen LogP contribution < -0.4 is 16.0 Å². The number of nitrogens with zero attached hydrogens (tertiary/aromatic N) is 1. The molecule has 2 unspecified atom stereocenters. The van der Waals surface area contributed by atoms with Crippen molar-refractivity contribution in [3.63, 3.8) is 0 Å². The van der Waals surface area contributed by atoms with E-state index in [2.05, 4.69) is 20.9 Å². The minimum absolute atomic E-state index is 0.185. The van der Waals surface area contributed by atoms with Gasteiger partial charge < -0.3 is 20.7 Å². The van der Waals surface area contributed by atoms with E-state index in [-0.39, 0.29) is 17.4 Å². The van der Waals surface area contributed by atoms with Gasteiger partial charge >= 0.3 is 5.97 Å². The van der Waals surface area contributed by atoms with Gasteiger partial charge in [0.15, 0.2) is 0 Å². The lowest BCUT2D eigenvalue weighted by Gasteiger charge is -2.30. The van der Waals surface area contributed by atoms with Gasteiger partial charge in [-0.15, -0.1) is 0 Å². The fourth-order valence-electron chi connectivity index (χ4n) is 3.39. The summed E-state index contributed by atoms with van der Waals surface area (Å²) in [7, 11) is 0. The molecule has 0 radical (unpaired) electrons. The van der Waals surface area contributed by atoms with Gasteiger partial charge in [0, 0.05) is 17.1 Å². The number of rotatable bonds is 5. The van der Waals surface area contributed by atoms with E-state index in [1.807, 2.05) is 0 Å². The maximum absolute atomic E-state index is 13.0. The van der Waals surface area contributed by atoms with Crippen LogP contribution in [0.5, 0.6) is 0 Å². The molecule has 1 fully saturated rings. The van der Waals surface area contributed by atoms with Crippen LogP contribution in [0.3, 0.4) is 0 Å². The molecule has 1 aliphatic rings. The van der Waals surface area contributed by atoms with Gasteiger partial charge in [-0.2, -0.15) is 0 Å². The molecule has 0 saturated carbocycles. The van der Waals surface area contributed by atoms with Crippen molar-refractivity contribution >= 4 is 52.5 Å². The Labute approximate surface area is 202 Å². The van der Waals surface area contributed by atoms with Crippen molar-refractivity contribution in [2.24, 2.45) is 5.92 Å². The SMILES string of the molecule is CC(C)(C)OC(=O)C1CC(C(=O)Nc2ccc(Cl)cc2C(=O)Nc2ccc(Cl)cn2)CCN1. The number of piperidine rings is 1. The number of ether oxygens (including phenoxy) is 1. The monoisotopic (exact) mass is 492 g/mol. The molecule has 176 valence electrons. The molecule has 10 heteroatoms. The first-order chi connectivity index (χ1) is 15.5. The van der Waals surface area contributed by atoms with E-state index in [1.54, 1.807) is 45.0 Å². The summed E-state index contributed by atoms with van der Waals surface area (Å²) in [6, 6.07) is 7.21. The largest absolute Gasteiger partial charge is 0.459 e. The predicted octanol–water partition coefficient (Wildman–Crippen LogP) is 4.29. The summed E-state index contributed by atoms with van der Waals surface area (Å²) in [5.74, 6) is -1.28. The number of carbonyl (C=O) groups excluding carboxylic acids is 3. The van der Waals surface area contributed by atoms with Crippen LogP contribution in [0.2, 0.25) is 10.0 Å². The number of esters is 1. The van der Waals surface area contributed by atoms with Gasteiger partial charge in [0.05, 0.1) is 16.3 Å². The zero-order valence-corrected chi connectivity index (χ0v) is 20.1. The molecule has 0 spiro atoms. The lowest BCUT2D eigenvalue weighted by Crippen LogP contribution is -2.48. The molecule has 0 bridgehead atoms. The Balaban J connectivity index is 1.71. The second-order valence-electron chi connectivity index (χ2n) is 8.76. The topological polar surface area (TPSA) is 109 Å². The van der Waals surface area contributed by atoms with Crippen LogP contribution in [0.15, 0.2) is 36.5 Å². The first-order valence-electron chi connectivity index (χ1n) is 10.5. The number of pyridine rings is 1. The van der Waals surface area contributed by atoms with Crippen LogP contribution in [0.1, 0.15) is 44.0 Å². The van der Waals surface area contributed by atoms with Crippen molar-refractivity contribution < 1.29 is 19.1 Å². The normalized spacial score (nSPS) is 18.3. The van der Waals surface area contributed by atoms with E-state index in [4.69, 9.17) is 27.9 Å². The highest BCUT2D eigenvalue weighted by Gasteiger charge is 2.34. The Hall–Kier alpha value is -2.68. The molecule has 1 aromatic heterocycles. The first kappa shape index (κ1) is 25.0. The van der Waals surface area contributed by atoms with Gasteiger partial charge in [0.1, 0.15) is 17.5 Å². The number of hydrogen-bond donors (Lipinski definition) is 3. The number of halogens is 2. The molecule has 0 aliphatic carbocycles. The standard InChI is InChI=1S/C23H26Cl2N4O4/c1-23(2,3)33-22(32)18-10-13(8-9-26-18)20(30)28-17-6-4-14(24)11-16(17)21(31)29-19-7-5-15(25)12-27-19/h4-7,11-13,18,26H,8-10H2,1-3H3,(H,28,30)(H,27,29,31). The van der Waals surface area contributed by atoms with Gasteiger partial charge in [0.25, 0.3) is 5.91 Å². The Morgan fingerprint density at radius 1 is 1.09 bits per heavy atom. The van der Waals surface area contributed by atoms with E-state index in [9.17, 15) is 14.4 Å². The lowest BCUT2D eigenvalue weighted by molar-refractivity contribution is -0.158. The number of hydrogen-bond acceptors (Lipinski definition) is 6. The molecule has 2 heterocycles. The number of carbonyl (C=O) groups is 3. The number of anilines is 2. The maximum atomic E-state index is 13.0. The molecular weight excluding hydrogens is 467 g/mol. The Morgan fingerprint density at radius 2 is 1.82 bits per heavy atom. The van der Waals surface area contributed by atoms with Gasteiger partial charge in [-0.05, 0) is 70.5 Å². The summed E-state index contributed by atoms with van der Waals surface area (Å²) in [5, 5.41) is 9.36. The summed E-state index contributed by atoms with van der Waals surface area (Å²) >= 11 is 11.9. The van der Waals surface area contributed by atoms with Gasteiger partial charge in [-0.3, -0.25) is 14.4 Å². The smallest absolute Gasteiger partial charge is 0.323 e. The Morgan fingerprint density at radius 3 is 2.48 bits per heavy atom. The van der Waals surface area contributed by atoms with Crippen LogP contribution in [-0.4, -0.2) is 41.0 Å². The average molecular weight is 493 g/mol. The Bertz CT molecular complexity index is 1040. The summed E-state index contributed by atoms with van der Waals surface area (Å²) in [4.78, 5) is 42.3. The highest BCUT2D eigenvalue weighted by Crippen LogP contribution is 2.25. The third-order valence-electron chi connectivity index (χ3n) is 4.92. The van der Waals surface area contributed by atoms with Crippen molar-refractivity contribution in [3.05, 3.63) is 52.1 Å². The minimum atomic E-state index is -0.613. The second-order valence-corrected chi connectivity index (χ2v) is 9.63. The summed E-state index contributed by atoms with van der Waals surface area (Å²) in [6.07, 6.45) is 2.26. The zero-order chi connectivity index (χ0) is 24.2. The number of nitrogens with one attached hydrogen (secondary N) is 3. The zero-order valence-electron chi connectivity index (χ0n) is 18.6. The number of aromatic nitrogens is 1. The fourth-order valence-corrected chi connectivity index (χ4v) is 3.67. The van der Waals surface area contributed by atoms with E-state index < -0.39 is 23.5 Å². The molecule has 3 rings (SSSR count). The molecule has 3 N–H and O–H groups in total. The van der Waals surface area contributed by atoms with E-state index in [0.717, 1.165) is 0 Å². The van der Waals surface area contributed by atoms with Crippen LogP contribution in [0, 0.1) is 5.92 Å². The van der Waals surface area contributed by atoms with Crippen molar-refractivity contribution in [1.29, 1.82) is 0 Å². The maximum Gasteiger partial charge on any atom is 0.323 e. The summed E-state index contributed by atoms with van der Waals surface area (Å²) in [6.45, 7) is 5.89. The van der Waals surface area contributed by atoms with E-state index in [0.29, 0.717) is 40.9 Å². The van der Waals surface area contributed by atoms with Crippen LogP contribution in [0.25, 0.3) is 0 Å². The minimum Gasteiger partial charge on any atom is -0.459 e. The van der Waals surface area contributed by atoms with Crippen molar-refractivity contribution in [1.82, 2.24) is 10.3 Å². The van der Waals surface area contributed by atoms with Crippen molar-refractivity contribution in [3.8, 4) is 0 Å². The lowest BCUT2D eigenvalue weighted by atomic mass is 9.91. The van der Waals surface area contributed by atoms with E-state index >= 15 is 0 Å². The molecule has 33 heavy (non-hydrogen) atoms. The summed E-state index contributed by atoms with van der Waals surface area (Å²) < 4.78 is 5.44. The second kappa shape index (κ2) is 10.5. The quantitative estimate of drug-likeness (QED) is 0.537. The molecule has 8 nitrogen and oxygen atoms in total. The molecule has 1 saturated heterocycles. The third-order valence-corrected chi connectivity index (χ3v) is 5.38. The average Bonchev–Trinajstić information content (AvgIpc) is 2.75. The number of benzene rings is 1. The molecule has 1 aromatic carbocycles. The fraction of sp³-hybridized carbons (Fsp3) is 0.391. The predicted molar refractivity (Wildman–Crippen MR) is 128 cm³/mol. The molecule has 1 aliphatic heterocycles. The van der Waals surface area contributed by atoms with Gasteiger partial charge in [-0.25, -0.2) is 4.98 Å². The highest BCUT2D eigenvalue weighted by atomic mass is 35.5. The van der Waals surface area contributed by atoms with Crippen molar-refractivity contribution in [2.75, 3.05) is 17.2 Å². The number of amides is 2. The Kier molecular flexibility index (Phi) is 7.94. The molecular formula is C23H26Cl2N4O4. The molecule has 2 atom stereocenters. The van der Waals surface area contributed by atoms with Crippen LogP contribution in [-0.2, 0) is 14.3 Å². The molecule has 2 aromatic rings. The van der Waals surface area contributed by atoms with Crippen LogP contribution >= 0.6 is 23.2 Å². The first-order valence-corrected chi connectivity index (χ1v) is 11.3. The third kappa shape index (κ3) is 7.15. The van der Waals surface area contributed by atoms with Gasteiger partial charge in [0.2, 0.25) is 5.91 Å². The van der Waals surface area contributed by atoms with Gasteiger partial charge in [-0.1, -0.05) is 23.2 Å². The van der Waals surface area contributed by atoms with E-state index in [1.165, 1.54) is 12.3 Å². The highest BCUT2D eigenvalue weighted by molar-refractivity contribution is 6.31. The van der Waals surface area contributed by atoms with Crippen molar-refractivity contribution in [2.45, 2.75) is 45.3 Å².